The SMILES string of the molecule is O=C(NCc1ccccc1Cl)c1nnn(Cc2cc(C(F)(F)F)cc(C(F)(F)F)c2)c1-c1cnccn1. The van der Waals surface area contributed by atoms with Gasteiger partial charge in [-0.2, -0.15) is 26.3 Å². The predicted octanol–water partition coefficient (Wildman–Crippen LogP) is 5.40. The lowest BCUT2D eigenvalue weighted by atomic mass is 10.0. The molecule has 0 radical (unpaired) electrons. The zero-order chi connectivity index (χ0) is 26.8. The maximum Gasteiger partial charge on any atom is 0.416 e. The van der Waals surface area contributed by atoms with E-state index in [0.717, 1.165) is 4.68 Å². The van der Waals surface area contributed by atoms with Gasteiger partial charge >= 0.3 is 12.4 Å². The van der Waals surface area contributed by atoms with Gasteiger partial charge in [-0.05, 0) is 35.4 Å². The van der Waals surface area contributed by atoms with Crippen LogP contribution in [0.1, 0.15) is 32.7 Å². The summed E-state index contributed by atoms with van der Waals surface area (Å²) in [7, 11) is 0. The zero-order valence-electron chi connectivity index (χ0n) is 18.5. The monoisotopic (exact) mass is 540 g/mol. The summed E-state index contributed by atoms with van der Waals surface area (Å²) in [5.74, 6) is -0.716. The lowest BCUT2D eigenvalue weighted by molar-refractivity contribution is -0.143. The van der Waals surface area contributed by atoms with Gasteiger partial charge in [0.15, 0.2) is 5.69 Å². The molecule has 0 unspecified atom stereocenters. The second-order valence-corrected chi connectivity index (χ2v) is 8.13. The Labute approximate surface area is 210 Å². The van der Waals surface area contributed by atoms with E-state index in [1.165, 1.54) is 18.6 Å². The lowest BCUT2D eigenvalue weighted by Gasteiger charge is -2.15. The molecule has 2 heterocycles. The Balaban J connectivity index is 1.72. The molecule has 192 valence electrons. The van der Waals surface area contributed by atoms with E-state index in [-0.39, 0.29) is 35.3 Å². The molecular weight excluding hydrogens is 526 g/mol. The number of alkyl halides is 6. The van der Waals surface area contributed by atoms with Crippen LogP contribution < -0.4 is 5.32 Å². The minimum absolute atomic E-state index is 0.0217. The highest BCUT2D eigenvalue weighted by atomic mass is 35.5. The van der Waals surface area contributed by atoms with Gasteiger partial charge in [0.25, 0.3) is 5.91 Å². The molecule has 0 aliphatic heterocycles. The first-order valence-corrected chi connectivity index (χ1v) is 10.8. The number of amides is 1. The maximum absolute atomic E-state index is 13.3. The molecule has 2 aromatic carbocycles. The van der Waals surface area contributed by atoms with Crippen molar-refractivity contribution in [1.82, 2.24) is 30.3 Å². The second-order valence-electron chi connectivity index (χ2n) is 7.72. The fourth-order valence-electron chi connectivity index (χ4n) is 3.44. The second kappa shape index (κ2) is 10.2. The topological polar surface area (TPSA) is 85.6 Å². The molecule has 4 aromatic rings. The Hall–Kier alpha value is -4.00. The number of carbonyl (C=O) groups is 1. The van der Waals surface area contributed by atoms with Crippen LogP contribution in [0.25, 0.3) is 11.4 Å². The van der Waals surface area contributed by atoms with Crippen LogP contribution in [-0.4, -0.2) is 30.9 Å². The van der Waals surface area contributed by atoms with Crippen molar-refractivity contribution >= 4 is 17.5 Å². The molecule has 0 aliphatic rings. The average molecular weight is 541 g/mol. The van der Waals surface area contributed by atoms with Gasteiger partial charge in [0.2, 0.25) is 0 Å². The van der Waals surface area contributed by atoms with Crippen LogP contribution in [-0.2, 0) is 25.4 Å². The number of nitrogens with one attached hydrogen (secondary N) is 1. The number of hydrogen-bond acceptors (Lipinski definition) is 5. The van der Waals surface area contributed by atoms with Crippen LogP contribution in [0.3, 0.4) is 0 Å². The molecule has 0 atom stereocenters. The highest BCUT2D eigenvalue weighted by Crippen LogP contribution is 2.36. The molecule has 0 fully saturated rings. The molecule has 0 spiro atoms. The van der Waals surface area contributed by atoms with E-state index in [2.05, 4.69) is 25.6 Å². The Morgan fingerprint density at radius 1 is 0.973 bits per heavy atom. The maximum atomic E-state index is 13.3. The molecule has 0 saturated heterocycles. The lowest BCUT2D eigenvalue weighted by Crippen LogP contribution is -2.24. The van der Waals surface area contributed by atoms with Gasteiger partial charge in [-0.15, -0.1) is 5.10 Å². The number of rotatable bonds is 6. The van der Waals surface area contributed by atoms with Crippen LogP contribution in [0, 0.1) is 0 Å². The Morgan fingerprint density at radius 3 is 2.24 bits per heavy atom. The molecule has 4 rings (SSSR count). The molecule has 37 heavy (non-hydrogen) atoms. The molecule has 0 bridgehead atoms. The predicted molar refractivity (Wildman–Crippen MR) is 119 cm³/mol. The van der Waals surface area contributed by atoms with Crippen molar-refractivity contribution in [2.24, 2.45) is 0 Å². The molecular formula is C23H15ClF6N6O. The summed E-state index contributed by atoms with van der Waals surface area (Å²) in [5.41, 5.74) is -2.92. The van der Waals surface area contributed by atoms with Crippen LogP contribution >= 0.6 is 11.6 Å². The molecule has 14 heteroatoms. The van der Waals surface area contributed by atoms with Crippen LogP contribution in [0.2, 0.25) is 5.02 Å². The number of hydrogen-bond donors (Lipinski definition) is 1. The minimum atomic E-state index is -5.02. The smallest absolute Gasteiger partial charge is 0.346 e. The van der Waals surface area contributed by atoms with Crippen molar-refractivity contribution in [1.29, 1.82) is 0 Å². The minimum Gasteiger partial charge on any atom is -0.346 e. The van der Waals surface area contributed by atoms with E-state index < -0.39 is 35.9 Å². The van der Waals surface area contributed by atoms with E-state index in [9.17, 15) is 31.1 Å². The summed E-state index contributed by atoms with van der Waals surface area (Å²) >= 11 is 6.10. The van der Waals surface area contributed by atoms with Crippen LogP contribution in [0.5, 0.6) is 0 Å². The van der Waals surface area contributed by atoms with E-state index >= 15 is 0 Å². The summed E-state index contributed by atoms with van der Waals surface area (Å²) < 4.78 is 80.8. The fraction of sp³-hybridized carbons (Fsp3) is 0.174. The molecule has 0 saturated carbocycles. The van der Waals surface area contributed by atoms with Gasteiger partial charge in [0.1, 0.15) is 11.4 Å². The van der Waals surface area contributed by atoms with Crippen LogP contribution in [0.4, 0.5) is 26.3 Å². The first kappa shape index (κ1) is 26.1. The van der Waals surface area contributed by atoms with Crippen molar-refractivity contribution < 1.29 is 31.1 Å². The number of halogens is 7. The molecule has 1 amide bonds. The van der Waals surface area contributed by atoms with Gasteiger partial charge in [-0.25, -0.2) is 4.68 Å². The standard InChI is InChI=1S/C23H15ClF6N6O/c24-17-4-2-1-3-14(17)10-33-21(37)19-20(18-11-31-5-6-32-18)36(35-34-19)12-13-7-15(22(25,26)27)9-16(8-13)23(28,29)30/h1-9,11H,10,12H2,(H,33,37). The number of aromatic nitrogens is 5. The quantitative estimate of drug-likeness (QED) is 0.331. The van der Waals surface area contributed by atoms with E-state index in [0.29, 0.717) is 22.7 Å². The third-order valence-electron chi connectivity index (χ3n) is 5.13. The number of carbonyl (C=O) groups excluding carboxylic acids is 1. The first-order valence-electron chi connectivity index (χ1n) is 10.4. The third-order valence-corrected chi connectivity index (χ3v) is 5.50. The Bertz CT molecular complexity index is 1390. The van der Waals surface area contributed by atoms with Gasteiger partial charge in [0.05, 0.1) is 23.9 Å². The highest BCUT2D eigenvalue weighted by molar-refractivity contribution is 6.31. The van der Waals surface area contributed by atoms with Crippen molar-refractivity contribution in [2.45, 2.75) is 25.4 Å². The van der Waals surface area contributed by atoms with Gasteiger partial charge in [-0.1, -0.05) is 35.0 Å². The summed E-state index contributed by atoms with van der Waals surface area (Å²) in [6.45, 7) is -0.544. The fourth-order valence-corrected chi connectivity index (χ4v) is 3.64. The molecule has 1 N–H and O–H groups in total. The highest BCUT2D eigenvalue weighted by Gasteiger charge is 2.37. The van der Waals surface area contributed by atoms with Crippen molar-refractivity contribution in [3.8, 4) is 11.4 Å². The van der Waals surface area contributed by atoms with Gasteiger partial charge < -0.3 is 5.32 Å². The van der Waals surface area contributed by atoms with E-state index in [1.54, 1.807) is 24.3 Å². The van der Waals surface area contributed by atoms with E-state index in [4.69, 9.17) is 11.6 Å². The van der Waals surface area contributed by atoms with Gasteiger partial charge in [0, 0.05) is 24.0 Å². The third kappa shape index (κ3) is 6.05. The molecule has 7 nitrogen and oxygen atoms in total. The van der Waals surface area contributed by atoms with Crippen molar-refractivity contribution in [2.75, 3.05) is 0 Å². The number of benzene rings is 2. The van der Waals surface area contributed by atoms with E-state index in [1.807, 2.05) is 0 Å². The summed E-state index contributed by atoms with van der Waals surface area (Å²) in [5, 5.41) is 10.7. The summed E-state index contributed by atoms with van der Waals surface area (Å²) in [4.78, 5) is 20.9. The van der Waals surface area contributed by atoms with Gasteiger partial charge in [-0.3, -0.25) is 14.8 Å². The van der Waals surface area contributed by atoms with Crippen molar-refractivity contribution in [3.63, 3.8) is 0 Å². The summed E-state index contributed by atoms with van der Waals surface area (Å²) in [6.07, 6.45) is -6.14. The van der Waals surface area contributed by atoms with Crippen LogP contribution in [0.15, 0.2) is 61.1 Å². The molecule has 0 aliphatic carbocycles. The largest absolute Gasteiger partial charge is 0.416 e. The summed E-state index contributed by atoms with van der Waals surface area (Å²) in [6, 6.07) is 7.94. The Kier molecular flexibility index (Phi) is 7.16. The first-order chi connectivity index (χ1) is 17.4. The zero-order valence-corrected chi connectivity index (χ0v) is 19.2. The van der Waals surface area contributed by atoms with Crippen molar-refractivity contribution in [3.05, 3.63) is 94.0 Å². The molecule has 2 aromatic heterocycles. The Morgan fingerprint density at radius 2 is 1.65 bits per heavy atom. The normalized spacial score (nSPS) is 12.0. The number of nitrogens with zero attached hydrogens (tertiary/aromatic N) is 5. The average Bonchev–Trinajstić information content (AvgIpc) is 3.26.